The molecule has 3 aromatic carbocycles. The summed E-state index contributed by atoms with van der Waals surface area (Å²) >= 11 is 1.60. The van der Waals surface area contributed by atoms with Gasteiger partial charge in [0.15, 0.2) is 0 Å². The molecule has 0 bridgehead atoms. The van der Waals surface area contributed by atoms with E-state index in [2.05, 4.69) is 12.6 Å². The van der Waals surface area contributed by atoms with Crippen LogP contribution < -0.4 is 9.64 Å². The van der Waals surface area contributed by atoms with Gasteiger partial charge in [-0.05, 0) is 67.1 Å². The topological polar surface area (TPSA) is 79.8 Å². The quantitative estimate of drug-likeness (QED) is 0.250. The van der Waals surface area contributed by atoms with E-state index in [4.69, 9.17) is 9.72 Å². The Hall–Kier alpha value is -4.30. The molecule has 2 heterocycles. The van der Waals surface area contributed by atoms with Crippen molar-refractivity contribution in [3.8, 4) is 16.3 Å². The Morgan fingerprint density at radius 3 is 2.68 bits per heavy atom. The summed E-state index contributed by atoms with van der Waals surface area (Å²) in [5.74, 6) is -0.631. The Morgan fingerprint density at radius 2 is 1.95 bits per heavy atom. The maximum absolute atomic E-state index is 13.4. The zero-order valence-electron chi connectivity index (χ0n) is 20.5. The van der Waals surface area contributed by atoms with E-state index in [0.717, 1.165) is 25.7 Å². The minimum atomic E-state index is -0.920. The number of hydrogen-bond donors (Lipinski definition) is 0. The van der Waals surface area contributed by atoms with Gasteiger partial charge in [-0.25, -0.2) is 9.88 Å². The van der Waals surface area contributed by atoms with Crippen LogP contribution in [0.25, 0.3) is 20.8 Å². The molecule has 5 rings (SSSR count). The lowest BCUT2D eigenvalue weighted by Crippen LogP contribution is -2.45. The summed E-state index contributed by atoms with van der Waals surface area (Å²) in [6.45, 7) is 5.90. The molecule has 1 aliphatic rings. The number of benzene rings is 3. The number of carbonyl (C=O) groups is 3. The second-order valence-electron chi connectivity index (χ2n) is 8.80. The number of amides is 3. The van der Waals surface area contributed by atoms with Crippen LogP contribution in [0.4, 0.5) is 5.69 Å². The van der Waals surface area contributed by atoms with Gasteiger partial charge in [0, 0.05) is 17.7 Å². The Balaban J connectivity index is 1.39. The molecule has 37 heavy (non-hydrogen) atoms. The zero-order chi connectivity index (χ0) is 26.1. The van der Waals surface area contributed by atoms with Gasteiger partial charge in [-0.1, -0.05) is 18.2 Å². The van der Waals surface area contributed by atoms with Gasteiger partial charge in [0.2, 0.25) is 5.91 Å². The van der Waals surface area contributed by atoms with Gasteiger partial charge in [-0.15, -0.1) is 17.9 Å². The molecule has 1 aliphatic heterocycles. The summed E-state index contributed by atoms with van der Waals surface area (Å²) in [5.41, 5.74) is 3.85. The summed E-state index contributed by atoms with van der Waals surface area (Å²) in [5, 5.41) is 0.866. The SMILES string of the molecule is C=CCN(C(=O)c1cccc(OC)c1)C1CC(=O)N(c2ccc(-c3nc4ccc(C)cc4s3)cc2)C1=O. The van der Waals surface area contributed by atoms with Crippen LogP contribution in [-0.2, 0) is 9.59 Å². The van der Waals surface area contributed by atoms with Gasteiger partial charge in [0.25, 0.3) is 11.8 Å². The third-order valence-electron chi connectivity index (χ3n) is 6.32. The molecule has 8 heteroatoms. The van der Waals surface area contributed by atoms with Crippen molar-refractivity contribution in [3.05, 3.63) is 90.5 Å². The first-order chi connectivity index (χ1) is 17.9. The predicted molar refractivity (Wildman–Crippen MR) is 145 cm³/mol. The number of ether oxygens (including phenoxy) is 1. The summed E-state index contributed by atoms with van der Waals surface area (Å²) in [6, 6.07) is 19.1. The lowest BCUT2D eigenvalue weighted by atomic mass is 10.1. The van der Waals surface area contributed by atoms with Crippen LogP contribution >= 0.6 is 11.3 Å². The number of aryl methyl sites for hydroxylation is 1. The monoisotopic (exact) mass is 511 g/mol. The van der Waals surface area contributed by atoms with Crippen molar-refractivity contribution in [2.45, 2.75) is 19.4 Å². The number of thiazole rings is 1. The van der Waals surface area contributed by atoms with Crippen molar-refractivity contribution in [1.29, 1.82) is 0 Å². The molecule has 1 fully saturated rings. The first-order valence-corrected chi connectivity index (χ1v) is 12.6. The molecule has 4 aromatic rings. The molecular formula is C29H25N3O4S. The van der Waals surface area contributed by atoms with Crippen molar-refractivity contribution in [2.24, 2.45) is 0 Å². The maximum atomic E-state index is 13.4. The van der Waals surface area contributed by atoms with Crippen LogP contribution in [-0.4, -0.2) is 47.3 Å². The van der Waals surface area contributed by atoms with Crippen LogP contribution in [0.15, 0.2) is 79.4 Å². The Labute approximate surface area is 218 Å². The van der Waals surface area contributed by atoms with Gasteiger partial charge in [-0.3, -0.25) is 14.4 Å². The van der Waals surface area contributed by atoms with E-state index in [9.17, 15) is 14.4 Å². The van der Waals surface area contributed by atoms with E-state index < -0.39 is 11.9 Å². The highest BCUT2D eigenvalue weighted by molar-refractivity contribution is 7.21. The number of hydrogen-bond acceptors (Lipinski definition) is 6. The number of aromatic nitrogens is 1. The summed E-state index contributed by atoms with van der Waals surface area (Å²) in [4.78, 5) is 47.0. The molecule has 0 aliphatic carbocycles. The minimum Gasteiger partial charge on any atom is -0.497 e. The number of nitrogens with zero attached hydrogens (tertiary/aromatic N) is 3. The lowest BCUT2D eigenvalue weighted by Gasteiger charge is -2.26. The fraction of sp³-hybridized carbons (Fsp3) is 0.172. The minimum absolute atomic E-state index is 0.0959. The molecule has 3 amide bonds. The molecule has 7 nitrogen and oxygen atoms in total. The Bertz CT molecular complexity index is 1530. The van der Waals surface area contributed by atoms with Crippen LogP contribution in [0.5, 0.6) is 5.75 Å². The zero-order valence-corrected chi connectivity index (χ0v) is 21.3. The van der Waals surface area contributed by atoms with Crippen LogP contribution in [0.3, 0.4) is 0 Å². The number of methoxy groups -OCH3 is 1. The van der Waals surface area contributed by atoms with E-state index >= 15 is 0 Å². The number of fused-ring (bicyclic) bond motifs is 1. The normalized spacial score (nSPS) is 15.3. The molecule has 1 saturated heterocycles. The summed E-state index contributed by atoms with van der Waals surface area (Å²) in [6.07, 6.45) is 1.45. The Morgan fingerprint density at radius 1 is 1.16 bits per heavy atom. The second kappa shape index (κ2) is 9.99. The summed E-state index contributed by atoms with van der Waals surface area (Å²) in [7, 11) is 1.52. The molecule has 1 aromatic heterocycles. The van der Waals surface area contributed by atoms with Gasteiger partial charge >= 0.3 is 0 Å². The van der Waals surface area contributed by atoms with E-state index in [0.29, 0.717) is 17.0 Å². The number of anilines is 1. The van der Waals surface area contributed by atoms with Crippen molar-refractivity contribution >= 4 is 45.0 Å². The van der Waals surface area contributed by atoms with Crippen LogP contribution in [0.1, 0.15) is 22.3 Å². The van der Waals surface area contributed by atoms with E-state index in [-0.39, 0.29) is 24.8 Å². The number of carbonyl (C=O) groups excluding carboxylic acids is 3. The second-order valence-corrected chi connectivity index (χ2v) is 9.83. The van der Waals surface area contributed by atoms with Crippen LogP contribution in [0.2, 0.25) is 0 Å². The average molecular weight is 512 g/mol. The molecule has 0 saturated carbocycles. The number of rotatable bonds is 7. The predicted octanol–water partition coefficient (Wildman–Crippen LogP) is 5.24. The third kappa shape index (κ3) is 4.63. The molecule has 0 radical (unpaired) electrons. The smallest absolute Gasteiger partial charge is 0.257 e. The standard InChI is InChI=1S/C29H25N3O4S/c1-4-14-31(28(34)20-6-5-7-22(16-20)36-3)24-17-26(33)32(29(24)35)21-11-9-19(10-12-21)27-30-23-13-8-18(2)15-25(23)37-27/h4-13,15-16,24H,1,14,17H2,2-3H3. The average Bonchev–Trinajstić information content (AvgIpc) is 3.46. The van der Waals surface area contributed by atoms with E-state index in [1.54, 1.807) is 53.8 Å². The molecule has 186 valence electrons. The lowest BCUT2D eigenvalue weighted by molar-refractivity contribution is -0.122. The van der Waals surface area contributed by atoms with Gasteiger partial charge in [0.05, 0.1) is 29.4 Å². The van der Waals surface area contributed by atoms with Crippen molar-refractivity contribution in [3.63, 3.8) is 0 Å². The fourth-order valence-electron chi connectivity index (χ4n) is 4.45. The van der Waals surface area contributed by atoms with Crippen molar-refractivity contribution < 1.29 is 19.1 Å². The molecular weight excluding hydrogens is 486 g/mol. The van der Waals surface area contributed by atoms with Crippen LogP contribution in [0, 0.1) is 6.92 Å². The van der Waals surface area contributed by atoms with Crippen molar-refractivity contribution in [1.82, 2.24) is 9.88 Å². The molecule has 0 N–H and O–H groups in total. The largest absolute Gasteiger partial charge is 0.497 e. The first-order valence-electron chi connectivity index (χ1n) is 11.8. The van der Waals surface area contributed by atoms with Gasteiger partial charge < -0.3 is 9.64 Å². The molecule has 1 unspecified atom stereocenters. The summed E-state index contributed by atoms with van der Waals surface area (Å²) < 4.78 is 6.33. The van der Waals surface area contributed by atoms with E-state index in [1.807, 2.05) is 31.2 Å². The van der Waals surface area contributed by atoms with Gasteiger partial charge in [0.1, 0.15) is 16.8 Å². The third-order valence-corrected chi connectivity index (χ3v) is 7.39. The molecule has 0 spiro atoms. The highest BCUT2D eigenvalue weighted by atomic mass is 32.1. The first kappa shape index (κ1) is 24.4. The maximum Gasteiger partial charge on any atom is 0.257 e. The van der Waals surface area contributed by atoms with Crippen molar-refractivity contribution in [2.75, 3.05) is 18.6 Å². The van der Waals surface area contributed by atoms with Gasteiger partial charge in [-0.2, -0.15) is 0 Å². The highest BCUT2D eigenvalue weighted by Crippen LogP contribution is 2.33. The fourth-order valence-corrected chi connectivity index (χ4v) is 5.52. The molecule has 1 atom stereocenters. The number of imide groups is 1. The highest BCUT2D eigenvalue weighted by Gasteiger charge is 2.44. The Kier molecular flexibility index (Phi) is 6.58. The van der Waals surface area contributed by atoms with E-state index in [1.165, 1.54) is 17.6 Å².